The summed E-state index contributed by atoms with van der Waals surface area (Å²) in [5.74, 6) is 1.66. The normalized spacial score (nSPS) is 19.6. The molecule has 0 bridgehead atoms. The molecule has 1 aliphatic carbocycles. The van der Waals surface area contributed by atoms with Crippen LogP contribution in [0.1, 0.15) is 46.4 Å². The molecular formula is C22H22N4O2. The van der Waals surface area contributed by atoms with Gasteiger partial charge in [-0.25, -0.2) is 4.98 Å². The minimum Gasteiger partial charge on any atom is -0.356 e. The lowest BCUT2D eigenvalue weighted by Crippen LogP contribution is -2.27. The monoisotopic (exact) mass is 374 g/mol. The average Bonchev–Trinajstić information content (AvgIpc) is 3.18. The van der Waals surface area contributed by atoms with Gasteiger partial charge < -0.3 is 9.80 Å². The molecule has 0 amide bonds. The van der Waals surface area contributed by atoms with Gasteiger partial charge in [0.05, 0.1) is 0 Å². The third kappa shape index (κ3) is 2.80. The van der Waals surface area contributed by atoms with Gasteiger partial charge in [-0.15, -0.1) is 0 Å². The highest BCUT2D eigenvalue weighted by molar-refractivity contribution is 6.27. The second-order valence-corrected chi connectivity index (χ2v) is 7.56. The van der Waals surface area contributed by atoms with Crippen LogP contribution in [0.3, 0.4) is 0 Å². The van der Waals surface area contributed by atoms with Crippen molar-refractivity contribution in [2.75, 3.05) is 36.0 Å². The Morgan fingerprint density at radius 3 is 1.96 bits per heavy atom. The number of anilines is 2. The predicted molar refractivity (Wildman–Crippen MR) is 107 cm³/mol. The van der Waals surface area contributed by atoms with Crippen LogP contribution in [-0.4, -0.2) is 47.7 Å². The number of ketones is 2. The number of nitrogens with zero attached hydrogens (tertiary/aromatic N) is 4. The Balaban J connectivity index is 1.40. The van der Waals surface area contributed by atoms with Crippen LogP contribution >= 0.6 is 0 Å². The van der Waals surface area contributed by atoms with Crippen molar-refractivity contribution in [3.05, 3.63) is 58.8 Å². The van der Waals surface area contributed by atoms with Gasteiger partial charge in [-0.3, -0.25) is 9.59 Å². The van der Waals surface area contributed by atoms with Crippen LogP contribution in [0.25, 0.3) is 0 Å². The fourth-order valence-corrected chi connectivity index (χ4v) is 4.43. The van der Waals surface area contributed by atoms with Crippen molar-refractivity contribution >= 4 is 23.3 Å². The summed E-state index contributed by atoms with van der Waals surface area (Å²) in [5, 5.41) is 0. The molecule has 0 spiro atoms. The molecule has 1 fully saturated rings. The fraction of sp³-hybridized carbons (Fsp3) is 0.364. The number of carbonyl (C=O) groups is 2. The van der Waals surface area contributed by atoms with Gasteiger partial charge in [-0.2, -0.15) is 4.98 Å². The Labute approximate surface area is 163 Å². The fourth-order valence-electron chi connectivity index (χ4n) is 4.43. The zero-order valence-electron chi connectivity index (χ0n) is 15.7. The SMILES string of the molecule is O=C1C2=C(CCN(c3ccnc(N4CCCC4)n3)CC2)C(=O)c2ccccc21. The molecule has 6 nitrogen and oxygen atoms in total. The summed E-state index contributed by atoms with van der Waals surface area (Å²) >= 11 is 0. The van der Waals surface area contributed by atoms with Gasteiger partial charge in [0.2, 0.25) is 5.95 Å². The summed E-state index contributed by atoms with van der Waals surface area (Å²) in [5.41, 5.74) is 2.44. The summed E-state index contributed by atoms with van der Waals surface area (Å²) in [6, 6.07) is 9.07. The first kappa shape index (κ1) is 17.1. The number of hydrogen-bond donors (Lipinski definition) is 0. The van der Waals surface area contributed by atoms with E-state index in [0.717, 1.165) is 24.9 Å². The van der Waals surface area contributed by atoms with E-state index in [9.17, 15) is 9.59 Å². The maximum absolute atomic E-state index is 13.0. The Hall–Kier alpha value is -3.02. The summed E-state index contributed by atoms with van der Waals surface area (Å²) in [4.78, 5) is 39.5. The van der Waals surface area contributed by atoms with Gasteiger partial charge in [0.25, 0.3) is 0 Å². The number of benzene rings is 1. The molecule has 0 saturated carbocycles. The Bertz CT molecular complexity index is 943. The lowest BCUT2D eigenvalue weighted by atomic mass is 9.82. The second kappa shape index (κ2) is 6.86. The lowest BCUT2D eigenvalue weighted by Gasteiger charge is -2.23. The largest absolute Gasteiger partial charge is 0.356 e. The second-order valence-electron chi connectivity index (χ2n) is 7.56. The zero-order valence-corrected chi connectivity index (χ0v) is 15.7. The van der Waals surface area contributed by atoms with Gasteiger partial charge in [0.1, 0.15) is 5.82 Å². The molecule has 5 rings (SSSR count). The van der Waals surface area contributed by atoms with Crippen molar-refractivity contribution in [1.29, 1.82) is 0 Å². The van der Waals surface area contributed by atoms with E-state index in [0.29, 0.717) is 48.2 Å². The van der Waals surface area contributed by atoms with Crippen LogP contribution in [0.2, 0.25) is 0 Å². The number of aromatic nitrogens is 2. The lowest BCUT2D eigenvalue weighted by molar-refractivity contribution is 0.0970. The molecule has 3 heterocycles. The quantitative estimate of drug-likeness (QED) is 0.805. The van der Waals surface area contributed by atoms with E-state index in [4.69, 9.17) is 4.98 Å². The Morgan fingerprint density at radius 2 is 1.36 bits per heavy atom. The predicted octanol–water partition coefficient (Wildman–Crippen LogP) is 3.05. The highest BCUT2D eigenvalue weighted by Gasteiger charge is 2.33. The van der Waals surface area contributed by atoms with E-state index >= 15 is 0 Å². The minimum absolute atomic E-state index is 0.00694. The minimum atomic E-state index is 0.00694. The standard InChI is InChI=1S/C22H22N4O2/c27-20-15-5-1-2-6-16(15)21(28)18-9-14-25(13-8-17(18)20)19-7-10-23-22(24-19)26-11-3-4-12-26/h1-2,5-7,10H,3-4,8-9,11-14H2. The van der Waals surface area contributed by atoms with Crippen LogP contribution < -0.4 is 9.80 Å². The molecule has 1 aromatic heterocycles. The molecule has 0 radical (unpaired) electrons. The Morgan fingerprint density at radius 1 is 0.750 bits per heavy atom. The first-order chi connectivity index (χ1) is 13.7. The van der Waals surface area contributed by atoms with Crippen molar-refractivity contribution in [3.63, 3.8) is 0 Å². The van der Waals surface area contributed by atoms with Crippen molar-refractivity contribution in [1.82, 2.24) is 9.97 Å². The van der Waals surface area contributed by atoms with Gasteiger partial charge in [-0.1, -0.05) is 24.3 Å². The molecule has 2 aliphatic heterocycles. The number of fused-ring (bicyclic) bond motifs is 1. The number of hydrogen-bond acceptors (Lipinski definition) is 6. The topological polar surface area (TPSA) is 66.4 Å². The Kier molecular flexibility index (Phi) is 4.19. The van der Waals surface area contributed by atoms with Crippen LogP contribution in [0.15, 0.2) is 47.7 Å². The highest BCUT2D eigenvalue weighted by Crippen LogP contribution is 2.33. The first-order valence-corrected chi connectivity index (χ1v) is 9.96. The van der Waals surface area contributed by atoms with Gasteiger partial charge >= 0.3 is 0 Å². The van der Waals surface area contributed by atoms with E-state index in [1.807, 2.05) is 18.2 Å². The molecule has 142 valence electrons. The van der Waals surface area contributed by atoms with Gasteiger partial charge in [-0.05, 0) is 31.7 Å². The first-order valence-electron chi connectivity index (χ1n) is 9.96. The van der Waals surface area contributed by atoms with E-state index in [1.54, 1.807) is 18.3 Å². The van der Waals surface area contributed by atoms with Gasteiger partial charge in [0, 0.05) is 54.6 Å². The van der Waals surface area contributed by atoms with Crippen LogP contribution in [0, 0.1) is 0 Å². The smallest absolute Gasteiger partial charge is 0.227 e. The zero-order chi connectivity index (χ0) is 19.1. The average molecular weight is 374 g/mol. The third-order valence-corrected chi connectivity index (χ3v) is 5.93. The van der Waals surface area contributed by atoms with E-state index in [2.05, 4.69) is 14.8 Å². The molecule has 1 aromatic carbocycles. The molecule has 0 atom stereocenters. The third-order valence-electron chi connectivity index (χ3n) is 5.93. The number of rotatable bonds is 2. The van der Waals surface area contributed by atoms with Crippen LogP contribution in [-0.2, 0) is 0 Å². The van der Waals surface area contributed by atoms with Crippen molar-refractivity contribution < 1.29 is 9.59 Å². The van der Waals surface area contributed by atoms with Gasteiger partial charge in [0.15, 0.2) is 11.6 Å². The summed E-state index contributed by atoms with van der Waals surface area (Å²) in [7, 11) is 0. The number of carbonyl (C=O) groups excluding carboxylic acids is 2. The van der Waals surface area contributed by atoms with E-state index in [1.165, 1.54) is 12.8 Å². The maximum atomic E-state index is 13.0. The molecule has 2 aromatic rings. The maximum Gasteiger partial charge on any atom is 0.227 e. The summed E-state index contributed by atoms with van der Waals surface area (Å²) < 4.78 is 0. The van der Waals surface area contributed by atoms with Crippen molar-refractivity contribution in [2.24, 2.45) is 0 Å². The van der Waals surface area contributed by atoms with Crippen LogP contribution in [0.4, 0.5) is 11.8 Å². The molecule has 3 aliphatic rings. The molecule has 28 heavy (non-hydrogen) atoms. The van der Waals surface area contributed by atoms with Crippen molar-refractivity contribution in [2.45, 2.75) is 25.7 Å². The van der Waals surface area contributed by atoms with Crippen LogP contribution in [0.5, 0.6) is 0 Å². The molecule has 1 saturated heterocycles. The number of Topliss-reactive ketones (excluding diaryl/α,β-unsaturated/α-hetero) is 2. The summed E-state index contributed by atoms with van der Waals surface area (Å²) in [6.45, 7) is 3.36. The molecule has 0 unspecified atom stereocenters. The van der Waals surface area contributed by atoms with E-state index in [-0.39, 0.29) is 11.6 Å². The van der Waals surface area contributed by atoms with Crippen molar-refractivity contribution in [3.8, 4) is 0 Å². The highest BCUT2D eigenvalue weighted by atomic mass is 16.1. The molecular weight excluding hydrogens is 352 g/mol. The molecule has 0 N–H and O–H groups in total. The summed E-state index contributed by atoms with van der Waals surface area (Å²) in [6.07, 6.45) is 5.30. The van der Waals surface area contributed by atoms with E-state index < -0.39 is 0 Å². The molecule has 6 heteroatoms.